The first-order chi connectivity index (χ1) is 12.0. The third-order valence-electron chi connectivity index (χ3n) is 3.20. The first kappa shape index (κ1) is 19.8. The fourth-order valence-corrected chi connectivity index (χ4v) is 2.00. The van der Waals surface area contributed by atoms with Crippen molar-refractivity contribution in [2.45, 2.75) is 33.3 Å². The largest absolute Gasteiger partial charge is 0.337 e. The Morgan fingerprint density at radius 1 is 1.19 bits per heavy atom. The number of hydrogen-bond acceptors (Lipinski definition) is 4. The molecule has 2 radical (unpaired) electrons. The second-order valence-electron chi connectivity index (χ2n) is 6.61. The summed E-state index contributed by atoms with van der Waals surface area (Å²) in [6.45, 7) is 6.63. The molecule has 0 unspecified atom stereocenters. The van der Waals surface area contributed by atoms with Crippen LogP contribution in [-0.4, -0.2) is 24.3 Å². The molecule has 0 saturated heterocycles. The van der Waals surface area contributed by atoms with E-state index < -0.39 is 40.2 Å². The van der Waals surface area contributed by atoms with Gasteiger partial charge in [0.1, 0.15) is 13.7 Å². The maximum absolute atomic E-state index is 14.3. The molecule has 1 aromatic heterocycles. The topological polar surface area (TPSA) is 63.2 Å². The van der Waals surface area contributed by atoms with Crippen LogP contribution in [0.3, 0.4) is 0 Å². The minimum Gasteiger partial charge on any atom is -0.337 e. The number of carbonyl (C=O) groups excluding carboxylic acids is 1. The fourth-order valence-electron chi connectivity index (χ4n) is 2.00. The van der Waals surface area contributed by atoms with Crippen molar-refractivity contribution in [2.24, 2.45) is 0 Å². The quantitative estimate of drug-likeness (QED) is 0.498. The van der Waals surface area contributed by atoms with Gasteiger partial charge in [0.15, 0.2) is 17.5 Å². The molecule has 0 spiro atoms. The van der Waals surface area contributed by atoms with Gasteiger partial charge in [0, 0.05) is 6.20 Å². The van der Waals surface area contributed by atoms with Crippen LogP contribution in [-0.2, 0) is 4.84 Å². The molecule has 2 N–H and O–H groups in total. The third kappa shape index (κ3) is 4.54. The molecule has 0 fully saturated rings. The van der Waals surface area contributed by atoms with Gasteiger partial charge in [-0.1, -0.05) is 11.5 Å². The van der Waals surface area contributed by atoms with Crippen LogP contribution in [0.15, 0.2) is 18.3 Å². The van der Waals surface area contributed by atoms with E-state index >= 15 is 0 Å². The van der Waals surface area contributed by atoms with Gasteiger partial charge in [-0.3, -0.25) is 9.63 Å². The number of aryl methyl sites for hydroxylation is 1. The molecule has 0 aliphatic rings. The highest BCUT2D eigenvalue weighted by Crippen LogP contribution is 2.28. The molecule has 2 rings (SSSR count). The van der Waals surface area contributed by atoms with Crippen LogP contribution >= 0.6 is 0 Å². The van der Waals surface area contributed by atoms with Crippen LogP contribution in [0.4, 0.5) is 24.7 Å². The number of halogens is 3. The summed E-state index contributed by atoms with van der Waals surface area (Å²) in [4.78, 5) is 21.4. The summed E-state index contributed by atoms with van der Waals surface area (Å²) in [5.41, 5.74) is 1.18. The van der Waals surface area contributed by atoms with E-state index in [1.165, 1.54) is 6.20 Å². The molecule has 2 aromatic rings. The predicted octanol–water partition coefficient (Wildman–Crippen LogP) is 2.80. The zero-order valence-electron chi connectivity index (χ0n) is 14.7. The molecule has 9 heteroatoms. The van der Waals surface area contributed by atoms with Crippen molar-refractivity contribution in [3.63, 3.8) is 0 Å². The van der Waals surface area contributed by atoms with Gasteiger partial charge in [-0.15, -0.1) is 0 Å². The van der Waals surface area contributed by atoms with Gasteiger partial charge < -0.3 is 5.32 Å². The number of anilines is 2. The standard InChI is InChI=1S/C17H17BF3N3O2/c1-8-5-9(18)7-22-15(8)23-14-10(6-11(19)12(20)13(14)21)16(25)24-26-17(2,3)4/h5-7H,1-4H3,(H,22,23)(H,24,25). The number of aromatic nitrogens is 1. The number of carbonyl (C=O) groups is 1. The summed E-state index contributed by atoms with van der Waals surface area (Å²) in [5.74, 6) is -5.59. The highest BCUT2D eigenvalue weighted by Gasteiger charge is 2.25. The molecule has 0 bridgehead atoms. The smallest absolute Gasteiger partial charge is 0.277 e. The van der Waals surface area contributed by atoms with Gasteiger partial charge in [-0.25, -0.2) is 23.6 Å². The molecule has 1 amide bonds. The molecule has 5 nitrogen and oxygen atoms in total. The predicted molar refractivity (Wildman–Crippen MR) is 92.3 cm³/mol. The van der Waals surface area contributed by atoms with Crippen LogP contribution in [0.25, 0.3) is 0 Å². The Labute approximate surface area is 150 Å². The summed E-state index contributed by atoms with van der Waals surface area (Å²) < 4.78 is 41.6. The average Bonchev–Trinajstić information content (AvgIpc) is 2.54. The van der Waals surface area contributed by atoms with Crippen molar-refractivity contribution in [2.75, 3.05) is 5.32 Å². The Bertz CT molecular complexity index is 854. The zero-order chi connectivity index (χ0) is 19.6. The molecule has 26 heavy (non-hydrogen) atoms. The molecule has 0 atom stereocenters. The number of hydroxylamine groups is 1. The van der Waals surface area contributed by atoms with Crippen LogP contribution in [0, 0.1) is 24.4 Å². The van der Waals surface area contributed by atoms with Gasteiger partial charge in [0.25, 0.3) is 5.91 Å². The maximum Gasteiger partial charge on any atom is 0.277 e. The minimum atomic E-state index is -1.71. The van der Waals surface area contributed by atoms with Crippen LogP contribution in [0.2, 0.25) is 0 Å². The van der Waals surface area contributed by atoms with E-state index in [-0.39, 0.29) is 5.82 Å². The lowest BCUT2D eigenvalue weighted by Crippen LogP contribution is -2.34. The van der Waals surface area contributed by atoms with Gasteiger partial charge >= 0.3 is 0 Å². The summed E-state index contributed by atoms with van der Waals surface area (Å²) in [6.07, 6.45) is 1.30. The summed E-state index contributed by atoms with van der Waals surface area (Å²) in [5, 5.41) is 2.52. The van der Waals surface area contributed by atoms with Crippen LogP contribution in [0.1, 0.15) is 36.7 Å². The molecule has 0 saturated carbocycles. The van der Waals surface area contributed by atoms with Gasteiger partial charge in [-0.2, -0.15) is 0 Å². The third-order valence-corrected chi connectivity index (χ3v) is 3.20. The minimum absolute atomic E-state index is 0.134. The van der Waals surface area contributed by atoms with E-state index in [1.807, 2.05) is 0 Å². The number of nitrogens with one attached hydrogen (secondary N) is 2. The lowest BCUT2D eigenvalue weighted by Gasteiger charge is -2.20. The molecule has 1 aromatic carbocycles. The highest BCUT2D eigenvalue weighted by molar-refractivity contribution is 6.32. The first-order valence-electron chi connectivity index (χ1n) is 7.64. The van der Waals surface area contributed by atoms with Crippen molar-refractivity contribution in [1.82, 2.24) is 10.5 Å². The number of benzene rings is 1. The molecule has 136 valence electrons. The Morgan fingerprint density at radius 3 is 2.42 bits per heavy atom. The van der Waals surface area contributed by atoms with Gasteiger partial charge in [-0.05, 0) is 39.3 Å². The van der Waals surface area contributed by atoms with Crippen molar-refractivity contribution in [3.8, 4) is 0 Å². The fraction of sp³-hybridized carbons (Fsp3) is 0.294. The van der Waals surface area contributed by atoms with E-state index in [9.17, 15) is 18.0 Å². The highest BCUT2D eigenvalue weighted by atomic mass is 19.2. The van der Waals surface area contributed by atoms with Crippen molar-refractivity contribution in [1.29, 1.82) is 0 Å². The molecule has 0 aliphatic carbocycles. The molecule has 0 aliphatic heterocycles. The normalized spacial score (nSPS) is 11.3. The monoisotopic (exact) mass is 363 g/mol. The van der Waals surface area contributed by atoms with Crippen molar-refractivity contribution < 1.29 is 22.8 Å². The average molecular weight is 363 g/mol. The second kappa shape index (κ2) is 7.37. The molecule has 1 heterocycles. The van der Waals surface area contributed by atoms with Gasteiger partial charge in [0.05, 0.1) is 16.9 Å². The summed E-state index contributed by atoms with van der Waals surface area (Å²) in [7, 11) is 5.60. The Balaban J connectivity index is 2.46. The Morgan fingerprint density at radius 2 is 1.85 bits per heavy atom. The number of pyridine rings is 1. The van der Waals surface area contributed by atoms with E-state index in [0.29, 0.717) is 17.1 Å². The van der Waals surface area contributed by atoms with Crippen molar-refractivity contribution >= 4 is 30.7 Å². The van der Waals surface area contributed by atoms with Crippen LogP contribution in [0.5, 0.6) is 0 Å². The SMILES string of the molecule is [B]c1cnc(Nc2c(C(=O)NOC(C)(C)C)cc(F)c(F)c2F)c(C)c1. The van der Waals surface area contributed by atoms with E-state index in [2.05, 4.69) is 15.8 Å². The Kier molecular flexibility index (Phi) is 5.60. The molecular weight excluding hydrogens is 346 g/mol. The number of amides is 1. The lowest BCUT2D eigenvalue weighted by molar-refractivity contribution is -0.0589. The zero-order valence-corrected chi connectivity index (χ0v) is 14.7. The summed E-state index contributed by atoms with van der Waals surface area (Å²) in [6, 6.07) is 2.13. The van der Waals surface area contributed by atoms with E-state index in [4.69, 9.17) is 12.7 Å². The lowest BCUT2D eigenvalue weighted by atomic mass is 9.97. The Hall–Kier alpha value is -2.55. The van der Waals surface area contributed by atoms with Crippen LogP contribution < -0.4 is 16.3 Å². The van der Waals surface area contributed by atoms with E-state index in [1.54, 1.807) is 33.8 Å². The second-order valence-corrected chi connectivity index (χ2v) is 6.61. The number of rotatable bonds is 4. The van der Waals surface area contributed by atoms with Gasteiger partial charge in [0.2, 0.25) is 0 Å². The van der Waals surface area contributed by atoms with E-state index in [0.717, 1.165) is 0 Å². The first-order valence-corrected chi connectivity index (χ1v) is 7.64. The maximum atomic E-state index is 14.3. The molecular formula is C17H17BF3N3O2. The number of hydrogen-bond donors (Lipinski definition) is 2. The number of nitrogens with zero attached hydrogens (tertiary/aromatic N) is 1. The summed E-state index contributed by atoms with van der Waals surface area (Å²) >= 11 is 0. The van der Waals surface area contributed by atoms with Crippen molar-refractivity contribution in [3.05, 3.63) is 46.9 Å².